The summed E-state index contributed by atoms with van der Waals surface area (Å²) in [6, 6.07) is 15.6. The highest BCUT2D eigenvalue weighted by Crippen LogP contribution is 2.30. The van der Waals surface area contributed by atoms with Gasteiger partial charge in [0.1, 0.15) is 0 Å². The number of hydrogen-bond donors (Lipinski definition) is 0. The van der Waals surface area contributed by atoms with Crippen LogP contribution in [-0.4, -0.2) is 30.0 Å². The zero-order valence-electron chi connectivity index (χ0n) is 16.9. The summed E-state index contributed by atoms with van der Waals surface area (Å²) in [4.78, 5) is 32.5. The molecule has 1 aliphatic carbocycles. The first-order chi connectivity index (χ1) is 14.7. The summed E-state index contributed by atoms with van der Waals surface area (Å²) >= 11 is 0. The molecule has 0 saturated carbocycles. The van der Waals surface area contributed by atoms with Crippen LogP contribution in [0.15, 0.2) is 48.5 Å². The SMILES string of the molecule is O=C(OCC(=O)N1CCCc2ccccc21)c1c2c(nc3ccccc13)CCCC2. The Bertz CT molecular complexity index is 1140. The van der Waals surface area contributed by atoms with Gasteiger partial charge < -0.3 is 9.64 Å². The van der Waals surface area contributed by atoms with Gasteiger partial charge in [-0.25, -0.2) is 4.79 Å². The molecular formula is C25H24N2O3. The second-order valence-electron chi connectivity index (χ2n) is 7.99. The number of anilines is 1. The predicted molar refractivity (Wildman–Crippen MR) is 116 cm³/mol. The lowest BCUT2D eigenvalue weighted by molar-refractivity contribution is -0.121. The molecule has 0 bridgehead atoms. The van der Waals surface area contributed by atoms with Crippen molar-refractivity contribution in [2.24, 2.45) is 0 Å². The van der Waals surface area contributed by atoms with Crippen molar-refractivity contribution >= 4 is 28.5 Å². The number of nitrogens with zero attached hydrogens (tertiary/aromatic N) is 2. The maximum absolute atomic E-state index is 13.1. The number of rotatable bonds is 3. The summed E-state index contributed by atoms with van der Waals surface area (Å²) in [7, 11) is 0. The van der Waals surface area contributed by atoms with Crippen LogP contribution in [-0.2, 0) is 28.8 Å². The molecular weight excluding hydrogens is 376 g/mol. The highest BCUT2D eigenvalue weighted by molar-refractivity contribution is 6.06. The van der Waals surface area contributed by atoms with Gasteiger partial charge in [-0.2, -0.15) is 0 Å². The van der Waals surface area contributed by atoms with Crippen LogP contribution >= 0.6 is 0 Å². The Balaban J connectivity index is 1.40. The topological polar surface area (TPSA) is 59.5 Å². The molecule has 3 aromatic rings. The third-order valence-corrected chi connectivity index (χ3v) is 6.11. The summed E-state index contributed by atoms with van der Waals surface area (Å²) in [6.07, 6.45) is 5.71. The van der Waals surface area contributed by atoms with Crippen LogP contribution in [0.4, 0.5) is 5.69 Å². The number of aryl methyl sites for hydroxylation is 2. The van der Waals surface area contributed by atoms with E-state index in [-0.39, 0.29) is 12.5 Å². The number of ether oxygens (including phenoxy) is 1. The van der Waals surface area contributed by atoms with E-state index in [1.807, 2.05) is 42.5 Å². The zero-order chi connectivity index (χ0) is 20.5. The van der Waals surface area contributed by atoms with Crippen molar-refractivity contribution in [3.8, 4) is 0 Å². The molecule has 30 heavy (non-hydrogen) atoms. The summed E-state index contributed by atoms with van der Waals surface area (Å²) in [5.41, 5.74) is 5.46. The fourth-order valence-electron chi connectivity index (χ4n) is 4.68. The first-order valence-electron chi connectivity index (χ1n) is 10.7. The number of aromatic nitrogens is 1. The largest absolute Gasteiger partial charge is 0.452 e. The Kier molecular flexibility index (Phi) is 4.95. The number of para-hydroxylation sites is 2. The molecule has 0 saturated heterocycles. The van der Waals surface area contributed by atoms with E-state index in [2.05, 4.69) is 6.07 Å². The Morgan fingerprint density at radius 2 is 1.73 bits per heavy atom. The zero-order valence-corrected chi connectivity index (χ0v) is 16.9. The van der Waals surface area contributed by atoms with Crippen LogP contribution in [0.1, 0.15) is 46.4 Å². The van der Waals surface area contributed by atoms with Crippen molar-refractivity contribution in [3.63, 3.8) is 0 Å². The maximum atomic E-state index is 13.1. The quantitative estimate of drug-likeness (QED) is 0.617. The highest BCUT2D eigenvalue weighted by Gasteiger charge is 2.26. The molecule has 0 atom stereocenters. The Morgan fingerprint density at radius 1 is 0.933 bits per heavy atom. The number of pyridine rings is 1. The molecule has 2 aromatic carbocycles. The van der Waals surface area contributed by atoms with Gasteiger partial charge in [0, 0.05) is 23.3 Å². The van der Waals surface area contributed by atoms with Crippen LogP contribution in [0, 0.1) is 0 Å². The van der Waals surface area contributed by atoms with E-state index in [0.717, 1.165) is 71.9 Å². The van der Waals surface area contributed by atoms with Crippen LogP contribution in [0.25, 0.3) is 10.9 Å². The van der Waals surface area contributed by atoms with Gasteiger partial charge in [0.2, 0.25) is 0 Å². The molecule has 5 heteroatoms. The molecule has 0 spiro atoms. The third kappa shape index (κ3) is 3.34. The van der Waals surface area contributed by atoms with E-state index in [0.29, 0.717) is 12.1 Å². The lowest BCUT2D eigenvalue weighted by Crippen LogP contribution is -2.38. The minimum Gasteiger partial charge on any atom is -0.452 e. The number of carbonyl (C=O) groups excluding carboxylic acids is 2. The molecule has 0 unspecified atom stereocenters. The van der Waals surface area contributed by atoms with Gasteiger partial charge in [-0.15, -0.1) is 0 Å². The van der Waals surface area contributed by atoms with Crippen molar-refractivity contribution in [2.75, 3.05) is 18.1 Å². The molecule has 152 valence electrons. The second-order valence-corrected chi connectivity index (χ2v) is 7.99. The fourth-order valence-corrected chi connectivity index (χ4v) is 4.68. The normalized spacial score (nSPS) is 15.4. The summed E-state index contributed by atoms with van der Waals surface area (Å²) in [5.74, 6) is -0.604. The molecule has 1 aliphatic heterocycles. The highest BCUT2D eigenvalue weighted by atomic mass is 16.5. The van der Waals surface area contributed by atoms with Crippen molar-refractivity contribution in [2.45, 2.75) is 38.5 Å². The number of esters is 1. The maximum Gasteiger partial charge on any atom is 0.339 e. The van der Waals surface area contributed by atoms with Gasteiger partial charge >= 0.3 is 5.97 Å². The van der Waals surface area contributed by atoms with E-state index in [1.165, 1.54) is 0 Å². The monoisotopic (exact) mass is 400 g/mol. The van der Waals surface area contributed by atoms with Crippen molar-refractivity contribution in [1.29, 1.82) is 0 Å². The standard InChI is InChI=1S/C25H24N2O3/c28-23(27-15-7-9-17-8-1-6-14-22(17)27)16-30-25(29)24-18-10-2-4-12-20(18)26-21-13-5-3-11-19(21)24/h1-2,4,6,8,10,12,14H,3,5,7,9,11,13,15-16H2. The van der Waals surface area contributed by atoms with Gasteiger partial charge in [-0.05, 0) is 61.8 Å². The van der Waals surface area contributed by atoms with Crippen molar-refractivity contribution in [3.05, 3.63) is 70.9 Å². The van der Waals surface area contributed by atoms with Crippen molar-refractivity contribution < 1.29 is 14.3 Å². The van der Waals surface area contributed by atoms with E-state index in [1.54, 1.807) is 4.90 Å². The van der Waals surface area contributed by atoms with Crippen LogP contribution in [0.2, 0.25) is 0 Å². The van der Waals surface area contributed by atoms with Crippen LogP contribution < -0.4 is 4.90 Å². The Labute approximate surface area is 175 Å². The molecule has 1 aromatic heterocycles. The molecule has 1 amide bonds. The van der Waals surface area contributed by atoms with Gasteiger partial charge in [0.15, 0.2) is 6.61 Å². The van der Waals surface area contributed by atoms with Gasteiger partial charge in [0.05, 0.1) is 11.1 Å². The molecule has 0 N–H and O–H groups in total. The summed E-state index contributed by atoms with van der Waals surface area (Å²) < 4.78 is 5.57. The summed E-state index contributed by atoms with van der Waals surface area (Å²) in [5, 5.41) is 0.805. The van der Waals surface area contributed by atoms with Crippen LogP contribution in [0.5, 0.6) is 0 Å². The molecule has 2 heterocycles. The molecule has 5 nitrogen and oxygen atoms in total. The molecule has 0 radical (unpaired) electrons. The van der Waals surface area contributed by atoms with Gasteiger partial charge in [-0.3, -0.25) is 9.78 Å². The van der Waals surface area contributed by atoms with E-state index < -0.39 is 5.97 Å². The van der Waals surface area contributed by atoms with E-state index in [4.69, 9.17) is 9.72 Å². The van der Waals surface area contributed by atoms with Crippen molar-refractivity contribution in [1.82, 2.24) is 4.98 Å². The number of hydrogen-bond acceptors (Lipinski definition) is 4. The number of carbonyl (C=O) groups is 2. The van der Waals surface area contributed by atoms with Gasteiger partial charge in [-0.1, -0.05) is 36.4 Å². The lowest BCUT2D eigenvalue weighted by Gasteiger charge is -2.29. The second kappa shape index (κ2) is 7.90. The average Bonchev–Trinajstić information content (AvgIpc) is 2.80. The molecule has 2 aliphatic rings. The first kappa shape index (κ1) is 18.8. The van der Waals surface area contributed by atoms with Crippen LogP contribution in [0.3, 0.4) is 0 Å². The Hall–Kier alpha value is -3.21. The van der Waals surface area contributed by atoms with E-state index in [9.17, 15) is 9.59 Å². The average molecular weight is 400 g/mol. The number of benzene rings is 2. The predicted octanol–water partition coefficient (Wildman–Crippen LogP) is 4.25. The molecule has 5 rings (SSSR count). The third-order valence-electron chi connectivity index (χ3n) is 6.11. The number of amides is 1. The first-order valence-corrected chi connectivity index (χ1v) is 10.7. The Morgan fingerprint density at radius 3 is 2.67 bits per heavy atom. The van der Waals surface area contributed by atoms with E-state index >= 15 is 0 Å². The summed E-state index contributed by atoms with van der Waals surface area (Å²) in [6.45, 7) is 0.402. The smallest absolute Gasteiger partial charge is 0.339 e. The number of fused-ring (bicyclic) bond motifs is 3. The minimum atomic E-state index is -0.426. The van der Waals surface area contributed by atoms with Gasteiger partial charge in [0.25, 0.3) is 5.91 Å². The lowest BCUT2D eigenvalue weighted by atomic mass is 9.90. The fraction of sp³-hybridized carbons (Fsp3) is 0.320. The molecule has 0 fully saturated rings. The minimum absolute atomic E-state index is 0.178.